The minimum atomic E-state index is -4.81. The van der Waals surface area contributed by atoms with Gasteiger partial charge in [0.1, 0.15) is 40.5 Å². The molecule has 5 heterocycles. The van der Waals surface area contributed by atoms with Crippen LogP contribution >= 0.6 is 0 Å². The molecule has 2 aliphatic rings. The molecule has 16 nitrogen and oxygen atoms in total. The largest absolute Gasteiger partial charge is 2.00 e. The van der Waals surface area contributed by atoms with Crippen LogP contribution in [0.15, 0.2) is 141 Å². The number of aromatic amines is 2. The van der Waals surface area contributed by atoms with Crippen LogP contribution < -0.4 is 0 Å². The van der Waals surface area contributed by atoms with Crippen molar-refractivity contribution >= 4 is 86.8 Å². The van der Waals surface area contributed by atoms with Crippen LogP contribution in [0, 0.1) is 0 Å². The van der Waals surface area contributed by atoms with Crippen LogP contribution in [-0.4, -0.2) is 71.8 Å². The average molecular weight is 1060 g/mol. The molecule has 0 unspecified atom stereocenters. The molecule has 7 aromatic rings. The number of nitrogens with one attached hydrogen (secondary N) is 2. The summed E-state index contributed by atoms with van der Waals surface area (Å²) in [5, 5.41) is 0. The van der Waals surface area contributed by atoms with E-state index in [2.05, 4.69) is 9.97 Å². The predicted molar refractivity (Wildman–Crippen MR) is 232 cm³/mol. The van der Waals surface area contributed by atoms with E-state index < -0.39 is 60.1 Å². The first-order valence-electron chi connectivity index (χ1n) is 18.6. The predicted octanol–water partition coefficient (Wildman–Crippen LogP) is 6.94. The summed E-state index contributed by atoms with van der Waals surface area (Å²) in [5.41, 5.74) is 6.76. The number of H-pyrrole nitrogens is 2. The first kappa shape index (κ1) is 48.1. The third-order valence-corrected chi connectivity index (χ3v) is 13.9. The number of fused-ring (bicyclic) bond motifs is 8. The maximum atomic E-state index is 11.9. The molecule has 0 saturated carbocycles. The Hall–Kier alpha value is -5.84. The molecule has 0 aliphatic carbocycles. The first-order chi connectivity index (χ1) is 30.2. The van der Waals surface area contributed by atoms with E-state index in [1.165, 1.54) is 97.1 Å². The van der Waals surface area contributed by atoms with Gasteiger partial charge in [-0.3, -0.25) is 0 Å². The maximum absolute atomic E-state index is 11.9. The van der Waals surface area contributed by atoms with Crippen molar-refractivity contribution in [1.29, 1.82) is 0 Å². The van der Waals surface area contributed by atoms with Gasteiger partial charge in [0.15, 0.2) is 0 Å². The fourth-order valence-electron chi connectivity index (χ4n) is 7.57. The van der Waals surface area contributed by atoms with Crippen LogP contribution in [0.2, 0.25) is 0 Å². The molecule has 0 saturated heterocycles. The Morgan fingerprint density at radius 2 is 0.485 bits per heavy atom. The summed E-state index contributed by atoms with van der Waals surface area (Å²) in [7, 11) is -19.2. The minimum absolute atomic E-state index is 0. The second-order valence-electron chi connectivity index (χ2n) is 14.4. The Kier molecular flexibility index (Phi) is 12.9. The van der Waals surface area contributed by atoms with Gasteiger partial charge in [0.2, 0.25) is 0 Å². The molecule has 0 spiro atoms. The molecule has 2 aliphatic heterocycles. The van der Waals surface area contributed by atoms with E-state index in [0.29, 0.717) is 89.4 Å². The molecule has 22 heteroatoms. The van der Waals surface area contributed by atoms with Crippen LogP contribution in [0.1, 0.15) is 22.8 Å². The number of benzene rings is 4. The SMILES string of the molecule is O=S(=O)([O-])c1ccc(-c2c3nc(c(-c4ccc(S(=O)(=O)[O-])cc4)c4ccc([nH]4)c(-c4ccc(S(=O)(=O)[O-])cc4)c4nc(c(-c5ccc(S(=O)(=O)[O-])cc5)c5ccc2[nH]5)C=C4)C=C3)cc1.[Cu+2].[Cu+2]. The molecule has 2 N–H and O–H groups in total. The zero-order valence-corrected chi connectivity index (χ0v) is 38.0. The van der Waals surface area contributed by atoms with Crippen molar-refractivity contribution in [3.8, 4) is 44.5 Å². The molecule has 9 rings (SSSR count). The number of hydrogen-bond donors (Lipinski definition) is 2. The normalized spacial score (nSPS) is 12.7. The van der Waals surface area contributed by atoms with E-state index in [9.17, 15) is 51.9 Å². The molecule has 3 aromatic heterocycles. The van der Waals surface area contributed by atoms with Crippen LogP contribution in [0.25, 0.3) is 90.9 Å². The Morgan fingerprint density at radius 3 is 0.652 bits per heavy atom. The van der Waals surface area contributed by atoms with Crippen molar-refractivity contribution in [2.45, 2.75) is 19.6 Å². The summed E-state index contributed by atoms with van der Waals surface area (Å²) in [6.07, 6.45) is 6.79. The summed E-state index contributed by atoms with van der Waals surface area (Å²) in [6, 6.07) is 27.8. The van der Waals surface area contributed by atoms with Crippen molar-refractivity contribution in [3.05, 3.63) is 144 Å². The zero-order chi connectivity index (χ0) is 45.3. The molecule has 2 radical (unpaired) electrons. The van der Waals surface area contributed by atoms with E-state index in [0.717, 1.165) is 0 Å². The molecule has 8 bridgehead atoms. The summed E-state index contributed by atoms with van der Waals surface area (Å²) in [6.45, 7) is 0. The van der Waals surface area contributed by atoms with Crippen molar-refractivity contribution in [3.63, 3.8) is 0 Å². The van der Waals surface area contributed by atoms with E-state index in [1.54, 1.807) is 48.6 Å². The van der Waals surface area contributed by atoms with Gasteiger partial charge < -0.3 is 28.2 Å². The van der Waals surface area contributed by atoms with Crippen molar-refractivity contribution in [2.75, 3.05) is 0 Å². The Morgan fingerprint density at radius 1 is 0.303 bits per heavy atom. The van der Waals surface area contributed by atoms with Crippen LogP contribution in [0.4, 0.5) is 0 Å². The fraction of sp³-hybridized carbons (Fsp3) is 0. The van der Waals surface area contributed by atoms with E-state index in [-0.39, 0.29) is 34.1 Å². The molecular weight excluding hydrogens is 1030 g/mol. The summed E-state index contributed by atoms with van der Waals surface area (Å²) >= 11 is 0. The molecule has 4 aromatic carbocycles. The smallest absolute Gasteiger partial charge is 0.744 e. The molecule has 0 atom stereocenters. The minimum Gasteiger partial charge on any atom is -0.744 e. The Balaban J connectivity index is 0.00000324. The van der Waals surface area contributed by atoms with Crippen molar-refractivity contribution in [1.82, 2.24) is 19.9 Å². The van der Waals surface area contributed by atoms with Gasteiger partial charge in [-0.25, -0.2) is 43.6 Å². The second kappa shape index (κ2) is 17.8. The fourth-order valence-corrected chi connectivity index (χ4v) is 9.45. The van der Waals surface area contributed by atoms with Gasteiger partial charge in [-0.15, -0.1) is 0 Å². The van der Waals surface area contributed by atoms with E-state index in [1.807, 2.05) is 0 Å². The quantitative estimate of drug-likeness (QED) is 0.115. The Labute approximate surface area is 398 Å². The number of rotatable bonds is 8. The molecule has 0 amide bonds. The first-order valence-corrected chi connectivity index (χ1v) is 24.3. The van der Waals surface area contributed by atoms with Crippen LogP contribution in [0.3, 0.4) is 0 Å². The standard InChI is InChI=1S/C44H30N4O12S4.2Cu/c49-61(50,51)29-9-1-25(2-10-29)41-33-17-19-35(45-33)42(26-3-11-30(12-4-26)62(52,53)54)37-21-23-39(47-37)44(28-7-15-32(16-8-28)64(58,59)60)40-24-22-38(48-40)43(36-20-18-34(41)46-36)27-5-13-31(14-6-27)63(55,56)57;;/h1-24,45,48H,(H,49,50,51)(H,52,53,54)(H,55,56,57)(H,58,59,60);;/q;2*+2/p-4. The molecular formula is C44H26Cu2N4O12S4. The van der Waals surface area contributed by atoms with Gasteiger partial charge in [0, 0.05) is 44.3 Å². The van der Waals surface area contributed by atoms with Gasteiger partial charge in [-0.2, -0.15) is 0 Å². The number of nitrogens with zero attached hydrogens (tertiary/aromatic N) is 2. The average Bonchev–Trinajstić information content (AvgIpc) is 4.08. The molecule has 0 fully saturated rings. The zero-order valence-electron chi connectivity index (χ0n) is 32.9. The molecule has 340 valence electrons. The second-order valence-corrected chi connectivity index (χ2v) is 19.9. The summed E-state index contributed by atoms with van der Waals surface area (Å²) in [4.78, 5) is 15.0. The number of hydrogen-bond acceptors (Lipinski definition) is 14. The Bertz CT molecular complexity index is 3310. The van der Waals surface area contributed by atoms with Crippen molar-refractivity contribution < 1.29 is 86.0 Å². The topological polar surface area (TPSA) is 286 Å². The maximum Gasteiger partial charge on any atom is 2.00 e. The monoisotopic (exact) mass is 1060 g/mol. The van der Waals surface area contributed by atoms with Crippen LogP contribution in [-0.2, 0) is 74.6 Å². The van der Waals surface area contributed by atoms with Crippen LogP contribution in [0.5, 0.6) is 0 Å². The number of aromatic nitrogens is 4. The van der Waals surface area contributed by atoms with Gasteiger partial charge in [0.05, 0.1) is 42.4 Å². The van der Waals surface area contributed by atoms with Gasteiger partial charge >= 0.3 is 34.1 Å². The summed E-state index contributed by atoms with van der Waals surface area (Å²) in [5.74, 6) is 0. The van der Waals surface area contributed by atoms with Gasteiger partial charge in [0.25, 0.3) is 0 Å². The molecule has 66 heavy (non-hydrogen) atoms. The third-order valence-electron chi connectivity index (χ3n) is 10.5. The van der Waals surface area contributed by atoms with E-state index in [4.69, 9.17) is 9.97 Å². The third kappa shape index (κ3) is 9.40. The van der Waals surface area contributed by atoms with Crippen molar-refractivity contribution in [2.24, 2.45) is 0 Å². The van der Waals surface area contributed by atoms with Gasteiger partial charge in [-0.1, -0.05) is 48.5 Å². The van der Waals surface area contributed by atoms with E-state index >= 15 is 0 Å². The van der Waals surface area contributed by atoms with Gasteiger partial charge in [-0.05, 0) is 119 Å². The summed E-state index contributed by atoms with van der Waals surface area (Å²) < 4.78 is 143.